The van der Waals surface area contributed by atoms with Crippen LogP contribution in [0.1, 0.15) is 11.1 Å². The van der Waals surface area contributed by atoms with Crippen LogP contribution in [-0.4, -0.2) is 24.1 Å². The van der Waals surface area contributed by atoms with E-state index in [0.717, 1.165) is 28.7 Å². The van der Waals surface area contributed by atoms with Crippen molar-refractivity contribution in [2.24, 2.45) is 0 Å². The van der Waals surface area contributed by atoms with Gasteiger partial charge in [-0.3, -0.25) is 4.79 Å². The molecule has 0 unspecified atom stereocenters. The zero-order valence-electron chi connectivity index (χ0n) is 13.4. The van der Waals surface area contributed by atoms with Crippen LogP contribution in [0.3, 0.4) is 0 Å². The van der Waals surface area contributed by atoms with E-state index in [2.05, 4.69) is 44.0 Å². The molecule has 0 heterocycles. The van der Waals surface area contributed by atoms with Gasteiger partial charge in [0.2, 0.25) is 5.91 Å². The molecule has 0 saturated carbocycles. The summed E-state index contributed by atoms with van der Waals surface area (Å²) in [5.41, 5.74) is 3.05. The highest BCUT2D eigenvalue weighted by molar-refractivity contribution is 9.10. The molecule has 0 aromatic heterocycles. The normalized spacial score (nSPS) is 10.1. The van der Waals surface area contributed by atoms with E-state index in [1.807, 2.05) is 43.3 Å². The fraction of sp³-hybridized carbons (Fsp3) is 0.222. The summed E-state index contributed by atoms with van der Waals surface area (Å²) >= 11 is 8.59. The van der Waals surface area contributed by atoms with Crippen molar-refractivity contribution in [2.45, 2.75) is 13.3 Å². The summed E-state index contributed by atoms with van der Waals surface area (Å²) in [6.07, 6.45) is 0.882. The van der Waals surface area contributed by atoms with E-state index in [0.29, 0.717) is 5.11 Å². The zero-order valence-corrected chi connectivity index (χ0v) is 15.8. The van der Waals surface area contributed by atoms with Crippen LogP contribution in [0.15, 0.2) is 53.0 Å². The second-order valence-corrected chi connectivity index (χ2v) is 6.68. The highest BCUT2D eigenvalue weighted by Gasteiger charge is 2.06. The summed E-state index contributed by atoms with van der Waals surface area (Å²) in [5, 5.41) is 9.37. The van der Waals surface area contributed by atoms with Gasteiger partial charge >= 0.3 is 0 Å². The number of nitrogens with one attached hydrogen (secondary N) is 3. The van der Waals surface area contributed by atoms with Crippen molar-refractivity contribution in [1.29, 1.82) is 0 Å². The van der Waals surface area contributed by atoms with Crippen molar-refractivity contribution in [2.75, 3.05) is 18.4 Å². The lowest BCUT2D eigenvalue weighted by Gasteiger charge is -2.12. The van der Waals surface area contributed by atoms with Crippen LogP contribution >= 0.6 is 28.1 Å². The Labute approximate surface area is 156 Å². The van der Waals surface area contributed by atoms with Crippen molar-refractivity contribution in [3.05, 3.63) is 64.1 Å². The number of hydrogen-bond acceptors (Lipinski definition) is 2. The van der Waals surface area contributed by atoms with Gasteiger partial charge in [0.15, 0.2) is 5.11 Å². The predicted molar refractivity (Wildman–Crippen MR) is 106 cm³/mol. The monoisotopic (exact) mass is 405 g/mol. The third kappa shape index (κ3) is 6.29. The van der Waals surface area contributed by atoms with Gasteiger partial charge in [0.05, 0.1) is 6.54 Å². The van der Waals surface area contributed by atoms with Crippen molar-refractivity contribution in [3.63, 3.8) is 0 Å². The van der Waals surface area contributed by atoms with Crippen LogP contribution < -0.4 is 16.0 Å². The maximum atomic E-state index is 12.0. The van der Waals surface area contributed by atoms with Crippen LogP contribution in [-0.2, 0) is 11.2 Å². The third-order valence-electron chi connectivity index (χ3n) is 3.41. The van der Waals surface area contributed by atoms with Gasteiger partial charge in [-0.25, -0.2) is 0 Å². The quantitative estimate of drug-likeness (QED) is 0.644. The molecule has 24 heavy (non-hydrogen) atoms. The van der Waals surface area contributed by atoms with Crippen molar-refractivity contribution in [3.8, 4) is 0 Å². The molecule has 0 atom stereocenters. The maximum Gasteiger partial charge on any atom is 0.243 e. The SMILES string of the molecule is Cc1cc(Br)ccc1NC(=O)CNC(=S)NCCc1ccccc1. The molecule has 2 aromatic carbocycles. The lowest BCUT2D eigenvalue weighted by Crippen LogP contribution is -2.40. The largest absolute Gasteiger partial charge is 0.362 e. The molecule has 6 heteroatoms. The second-order valence-electron chi connectivity index (χ2n) is 5.35. The van der Waals surface area contributed by atoms with Gasteiger partial charge in [0.1, 0.15) is 0 Å². The molecular formula is C18H20BrN3OS. The average molecular weight is 406 g/mol. The molecule has 0 bridgehead atoms. The van der Waals surface area contributed by atoms with Gasteiger partial charge in [0.25, 0.3) is 0 Å². The number of thiocarbonyl (C=S) groups is 1. The van der Waals surface area contributed by atoms with E-state index in [1.54, 1.807) is 0 Å². The Bertz CT molecular complexity index is 707. The van der Waals surface area contributed by atoms with E-state index in [1.165, 1.54) is 5.56 Å². The van der Waals surface area contributed by atoms with Gasteiger partial charge in [-0.15, -0.1) is 0 Å². The first kappa shape index (κ1) is 18.4. The van der Waals surface area contributed by atoms with Gasteiger partial charge in [-0.1, -0.05) is 46.3 Å². The number of benzene rings is 2. The van der Waals surface area contributed by atoms with E-state index in [-0.39, 0.29) is 12.5 Å². The van der Waals surface area contributed by atoms with Crippen LogP contribution in [0, 0.1) is 6.92 Å². The number of halogens is 1. The molecule has 2 rings (SSSR count). The lowest BCUT2D eigenvalue weighted by atomic mass is 10.1. The second kappa shape index (κ2) is 9.39. The molecule has 0 aliphatic heterocycles. The number of anilines is 1. The van der Waals surface area contributed by atoms with Crippen molar-refractivity contribution in [1.82, 2.24) is 10.6 Å². The first-order valence-corrected chi connectivity index (χ1v) is 8.86. The highest BCUT2D eigenvalue weighted by Crippen LogP contribution is 2.19. The first-order chi connectivity index (χ1) is 11.5. The minimum absolute atomic E-state index is 0.132. The molecule has 1 amide bonds. The molecule has 0 spiro atoms. The molecule has 3 N–H and O–H groups in total. The van der Waals surface area contributed by atoms with Gasteiger partial charge in [0, 0.05) is 16.7 Å². The molecular weight excluding hydrogens is 386 g/mol. The lowest BCUT2D eigenvalue weighted by molar-refractivity contribution is -0.115. The standard InChI is InChI=1S/C18H20BrN3OS/c1-13-11-15(19)7-8-16(13)22-17(23)12-21-18(24)20-10-9-14-5-3-2-4-6-14/h2-8,11H,9-10,12H2,1H3,(H,22,23)(H2,20,21,24). The minimum atomic E-state index is -0.132. The third-order valence-corrected chi connectivity index (χ3v) is 4.20. The van der Waals surface area contributed by atoms with E-state index < -0.39 is 0 Å². The Morgan fingerprint density at radius 1 is 1.12 bits per heavy atom. The zero-order chi connectivity index (χ0) is 17.4. The summed E-state index contributed by atoms with van der Waals surface area (Å²) in [5.74, 6) is -0.132. The Balaban J connectivity index is 1.68. The number of carbonyl (C=O) groups is 1. The molecule has 126 valence electrons. The first-order valence-electron chi connectivity index (χ1n) is 7.66. The van der Waals surface area contributed by atoms with Gasteiger partial charge in [-0.2, -0.15) is 0 Å². The van der Waals surface area contributed by atoms with Crippen LogP contribution in [0.2, 0.25) is 0 Å². The summed E-state index contributed by atoms with van der Waals surface area (Å²) in [6, 6.07) is 15.9. The smallest absolute Gasteiger partial charge is 0.243 e. The Hall–Kier alpha value is -1.92. The van der Waals surface area contributed by atoms with Crippen molar-refractivity contribution < 1.29 is 4.79 Å². The predicted octanol–water partition coefficient (Wildman–Crippen LogP) is 3.40. The molecule has 0 aliphatic rings. The van der Waals surface area contributed by atoms with Crippen molar-refractivity contribution >= 4 is 44.9 Å². The van der Waals surface area contributed by atoms with Gasteiger partial charge < -0.3 is 16.0 Å². The Morgan fingerprint density at radius 2 is 1.88 bits per heavy atom. The van der Waals surface area contributed by atoms with Crippen LogP contribution in [0.4, 0.5) is 5.69 Å². The molecule has 0 radical (unpaired) electrons. The molecule has 0 saturated heterocycles. The van der Waals surface area contributed by atoms with E-state index in [9.17, 15) is 4.79 Å². The number of rotatable bonds is 6. The molecule has 4 nitrogen and oxygen atoms in total. The maximum absolute atomic E-state index is 12.0. The number of aryl methyl sites for hydroxylation is 1. The summed E-state index contributed by atoms with van der Waals surface area (Å²) in [7, 11) is 0. The minimum Gasteiger partial charge on any atom is -0.362 e. The Morgan fingerprint density at radius 3 is 2.58 bits per heavy atom. The summed E-state index contributed by atoms with van der Waals surface area (Å²) in [6.45, 7) is 2.81. The topological polar surface area (TPSA) is 53.2 Å². The molecule has 2 aromatic rings. The molecule has 0 aliphatic carbocycles. The van der Waals surface area contributed by atoms with Crippen LogP contribution in [0.5, 0.6) is 0 Å². The summed E-state index contributed by atoms with van der Waals surface area (Å²) < 4.78 is 0.986. The fourth-order valence-corrected chi connectivity index (χ4v) is 2.80. The fourth-order valence-electron chi connectivity index (χ4n) is 2.15. The number of amides is 1. The van der Waals surface area contributed by atoms with Gasteiger partial charge in [-0.05, 0) is 54.9 Å². The summed E-state index contributed by atoms with van der Waals surface area (Å²) in [4.78, 5) is 12.0. The van der Waals surface area contributed by atoms with Crippen LogP contribution in [0.25, 0.3) is 0 Å². The Kier molecular flexibility index (Phi) is 7.21. The highest BCUT2D eigenvalue weighted by atomic mass is 79.9. The van der Waals surface area contributed by atoms with E-state index >= 15 is 0 Å². The van der Waals surface area contributed by atoms with E-state index in [4.69, 9.17) is 12.2 Å². The molecule has 0 fully saturated rings. The number of hydrogen-bond donors (Lipinski definition) is 3. The average Bonchev–Trinajstić information content (AvgIpc) is 2.56. The number of carbonyl (C=O) groups excluding carboxylic acids is 1.